The Balaban J connectivity index is 1.73. The van der Waals surface area contributed by atoms with E-state index in [1.807, 2.05) is 39.0 Å². The van der Waals surface area contributed by atoms with Crippen LogP contribution in [0.3, 0.4) is 0 Å². The molecule has 3 rings (SSSR count). The summed E-state index contributed by atoms with van der Waals surface area (Å²) in [4.78, 5) is 24.7. The number of benzene rings is 2. The van der Waals surface area contributed by atoms with Crippen LogP contribution in [-0.2, 0) is 11.2 Å². The maximum Gasteiger partial charge on any atom is 0.259 e. The number of halogens is 1. The van der Waals surface area contributed by atoms with Crippen LogP contribution in [0.5, 0.6) is 0 Å². The molecule has 0 saturated heterocycles. The van der Waals surface area contributed by atoms with Crippen molar-refractivity contribution < 1.29 is 9.59 Å². The number of nitrogens with one attached hydrogen (secondary N) is 2. The average molecular weight is 425 g/mol. The Labute approximate surface area is 181 Å². The van der Waals surface area contributed by atoms with Crippen LogP contribution in [0, 0.1) is 5.92 Å². The van der Waals surface area contributed by atoms with Crippen LogP contribution in [0.2, 0.25) is 5.02 Å². The van der Waals surface area contributed by atoms with E-state index in [1.54, 1.807) is 41.2 Å². The molecule has 0 spiro atoms. The van der Waals surface area contributed by atoms with Crippen molar-refractivity contribution in [2.45, 2.75) is 33.6 Å². The molecule has 2 aromatic carbocycles. The zero-order valence-electron chi connectivity index (χ0n) is 17.3. The Bertz CT molecular complexity index is 1040. The lowest BCUT2D eigenvalue weighted by Gasteiger charge is -2.10. The molecule has 0 unspecified atom stereocenters. The van der Waals surface area contributed by atoms with Gasteiger partial charge in [-0.2, -0.15) is 5.10 Å². The molecule has 0 aliphatic heterocycles. The number of anilines is 2. The highest BCUT2D eigenvalue weighted by atomic mass is 35.5. The summed E-state index contributed by atoms with van der Waals surface area (Å²) in [6, 6.07) is 14.4. The number of carbonyl (C=O) groups excluding carboxylic acids is 2. The summed E-state index contributed by atoms with van der Waals surface area (Å²) in [5, 5.41) is 10.7. The molecule has 0 aliphatic carbocycles. The quantitative estimate of drug-likeness (QED) is 0.538. The topological polar surface area (TPSA) is 76.0 Å². The molecule has 0 aliphatic rings. The first-order valence-corrected chi connectivity index (χ1v) is 10.3. The third-order valence-electron chi connectivity index (χ3n) is 4.52. The Morgan fingerprint density at radius 1 is 1.07 bits per heavy atom. The van der Waals surface area contributed by atoms with Gasteiger partial charge >= 0.3 is 0 Å². The largest absolute Gasteiger partial charge is 0.326 e. The highest BCUT2D eigenvalue weighted by molar-refractivity contribution is 6.30. The molecule has 0 atom stereocenters. The molecule has 2 N–H and O–H groups in total. The van der Waals surface area contributed by atoms with Crippen molar-refractivity contribution in [3.05, 3.63) is 71.0 Å². The predicted molar refractivity (Wildman–Crippen MR) is 120 cm³/mol. The van der Waals surface area contributed by atoms with E-state index in [1.165, 1.54) is 0 Å². The molecule has 6 nitrogen and oxygen atoms in total. The summed E-state index contributed by atoms with van der Waals surface area (Å²) < 4.78 is 1.73. The molecule has 0 saturated carbocycles. The molecule has 1 aromatic heterocycles. The van der Waals surface area contributed by atoms with Gasteiger partial charge in [0, 0.05) is 22.8 Å². The van der Waals surface area contributed by atoms with Crippen LogP contribution >= 0.6 is 11.6 Å². The Morgan fingerprint density at radius 2 is 1.73 bits per heavy atom. The normalized spacial score (nSPS) is 10.8. The lowest BCUT2D eigenvalue weighted by molar-refractivity contribution is -0.116. The SMILES string of the molecule is CCc1c(C(=O)Nc2ccc(NC(=O)CC(C)C)cc2)cnn1-c1cccc(Cl)c1. The lowest BCUT2D eigenvalue weighted by atomic mass is 10.1. The maximum atomic E-state index is 12.8. The van der Waals surface area contributed by atoms with Gasteiger partial charge in [-0.3, -0.25) is 9.59 Å². The van der Waals surface area contributed by atoms with E-state index in [-0.39, 0.29) is 11.8 Å². The van der Waals surface area contributed by atoms with Crippen molar-refractivity contribution in [2.75, 3.05) is 10.6 Å². The van der Waals surface area contributed by atoms with Crippen LogP contribution in [0.4, 0.5) is 11.4 Å². The zero-order valence-corrected chi connectivity index (χ0v) is 18.0. The highest BCUT2D eigenvalue weighted by Crippen LogP contribution is 2.21. The highest BCUT2D eigenvalue weighted by Gasteiger charge is 2.17. The summed E-state index contributed by atoms with van der Waals surface area (Å²) in [6.07, 6.45) is 2.67. The molecule has 156 valence electrons. The van der Waals surface area contributed by atoms with Gasteiger partial charge in [0.05, 0.1) is 23.1 Å². The van der Waals surface area contributed by atoms with E-state index in [2.05, 4.69) is 15.7 Å². The first-order valence-electron chi connectivity index (χ1n) is 9.91. The first kappa shape index (κ1) is 21.6. The van der Waals surface area contributed by atoms with Gasteiger partial charge in [-0.15, -0.1) is 0 Å². The van der Waals surface area contributed by atoms with E-state index >= 15 is 0 Å². The van der Waals surface area contributed by atoms with Crippen LogP contribution < -0.4 is 10.6 Å². The molecule has 3 aromatic rings. The summed E-state index contributed by atoms with van der Waals surface area (Å²) in [7, 11) is 0. The third kappa shape index (κ3) is 5.27. The molecule has 0 fully saturated rings. The molecule has 30 heavy (non-hydrogen) atoms. The number of amides is 2. The van der Waals surface area contributed by atoms with Gasteiger partial charge in [-0.25, -0.2) is 4.68 Å². The molecule has 1 heterocycles. The van der Waals surface area contributed by atoms with Crippen LogP contribution in [0.15, 0.2) is 54.7 Å². The minimum Gasteiger partial charge on any atom is -0.326 e. The fourth-order valence-electron chi connectivity index (χ4n) is 3.15. The number of hydrogen-bond acceptors (Lipinski definition) is 3. The lowest BCUT2D eigenvalue weighted by Crippen LogP contribution is -2.15. The second-order valence-electron chi connectivity index (χ2n) is 7.43. The Morgan fingerprint density at radius 3 is 2.33 bits per heavy atom. The maximum absolute atomic E-state index is 12.8. The third-order valence-corrected chi connectivity index (χ3v) is 4.76. The molecular formula is C23H25ClN4O2. The van der Waals surface area contributed by atoms with Crippen LogP contribution in [0.1, 0.15) is 43.2 Å². The van der Waals surface area contributed by atoms with Crippen molar-refractivity contribution in [3.8, 4) is 5.69 Å². The molecule has 7 heteroatoms. The molecular weight excluding hydrogens is 400 g/mol. The fourth-order valence-corrected chi connectivity index (χ4v) is 3.34. The van der Waals surface area contributed by atoms with Gasteiger partial charge < -0.3 is 10.6 Å². The van der Waals surface area contributed by atoms with E-state index < -0.39 is 0 Å². The number of nitrogens with zero attached hydrogens (tertiary/aromatic N) is 2. The number of aromatic nitrogens is 2. The predicted octanol–water partition coefficient (Wildman–Crippen LogP) is 5.33. The molecule has 2 amide bonds. The van der Waals surface area contributed by atoms with Crippen molar-refractivity contribution in [1.82, 2.24) is 9.78 Å². The minimum absolute atomic E-state index is 0.0252. The summed E-state index contributed by atoms with van der Waals surface area (Å²) in [5.41, 5.74) is 3.44. The van der Waals surface area contributed by atoms with Gasteiger partial charge in [0.2, 0.25) is 5.91 Å². The fraction of sp³-hybridized carbons (Fsp3) is 0.261. The Hall–Kier alpha value is -3.12. The van der Waals surface area contributed by atoms with E-state index in [9.17, 15) is 9.59 Å². The number of hydrogen-bond donors (Lipinski definition) is 2. The van der Waals surface area contributed by atoms with Crippen molar-refractivity contribution >= 4 is 34.8 Å². The van der Waals surface area contributed by atoms with Gasteiger partial charge in [0.1, 0.15) is 0 Å². The van der Waals surface area contributed by atoms with Crippen molar-refractivity contribution in [3.63, 3.8) is 0 Å². The second kappa shape index (κ2) is 9.59. The summed E-state index contributed by atoms with van der Waals surface area (Å²) in [5.74, 6) is 0.0312. The standard InChI is InChI=1S/C23H25ClN4O2/c1-4-21-20(14-25-28(21)19-7-5-6-16(24)13-19)23(30)27-18-10-8-17(9-11-18)26-22(29)12-15(2)3/h5-11,13-15H,4,12H2,1-3H3,(H,26,29)(H,27,30). The van der Waals surface area contributed by atoms with Crippen molar-refractivity contribution in [1.29, 1.82) is 0 Å². The monoisotopic (exact) mass is 424 g/mol. The van der Waals surface area contributed by atoms with E-state index in [0.717, 1.165) is 11.4 Å². The number of carbonyl (C=O) groups is 2. The van der Waals surface area contributed by atoms with E-state index in [4.69, 9.17) is 11.6 Å². The number of rotatable bonds is 7. The van der Waals surface area contributed by atoms with Gasteiger partial charge in [0.15, 0.2) is 0 Å². The summed E-state index contributed by atoms with van der Waals surface area (Å²) >= 11 is 6.09. The summed E-state index contributed by atoms with van der Waals surface area (Å²) in [6.45, 7) is 5.97. The zero-order chi connectivity index (χ0) is 21.7. The average Bonchev–Trinajstić information content (AvgIpc) is 3.13. The van der Waals surface area contributed by atoms with Gasteiger partial charge in [-0.05, 0) is 54.8 Å². The van der Waals surface area contributed by atoms with Crippen molar-refractivity contribution in [2.24, 2.45) is 5.92 Å². The van der Waals surface area contributed by atoms with Gasteiger partial charge in [0.25, 0.3) is 5.91 Å². The second-order valence-corrected chi connectivity index (χ2v) is 7.86. The Kier molecular flexibility index (Phi) is 6.90. The van der Waals surface area contributed by atoms with E-state index in [0.29, 0.717) is 40.7 Å². The van der Waals surface area contributed by atoms with Gasteiger partial charge in [-0.1, -0.05) is 38.4 Å². The minimum atomic E-state index is -0.239. The van der Waals surface area contributed by atoms with Crippen LogP contribution in [-0.4, -0.2) is 21.6 Å². The van der Waals surface area contributed by atoms with Crippen LogP contribution in [0.25, 0.3) is 5.69 Å². The first-order chi connectivity index (χ1) is 14.4. The molecule has 0 radical (unpaired) electrons. The molecule has 0 bridgehead atoms. The smallest absolute Gasteiger partial charge is 0.259 e.